The molecule has 3 N–H and O–H groups in total. The molecule has 5 heteroatoms. The predicted octanol–water partition coefficient (Wildman–Crippen LogP) is 5.55. The molecule has 0 aliphatic heterocycles. The molecule has 0 radical (unpaired) electrons. The van der Waals surface area contributed by atoms with Crippen molar-refractivity contribution >= 4 is 34.3 Å². The summed E-state index contributed by atoms with van der Waals surface area (Å²) >= 11 is 12.3. The zero-order chi connectivity index (χ0) is 18.6. The van der Waals surface area contributed by atoms with E-state index in [0.29, 0.717) is 38.0 Å². The molecule has 2 aromatic rings. The number of nitriles is 1. The summed E-state index contributed by atoms with van der Waals surface area (Å²) in [4.78, 5) is 0. The van der Waals surface area contributed by atoms with Crippen LogP contribution in [0.3, 0.4) is 0 Å². The van der Waals surface area contributed by atoms with E-state index in [9.17, 15) is 10.4 Å². The molecular formula is C20H16Cl2N2O. The van der Waals surface area contributed by atoms with Crippen molar-refractivity contribution in [3.8, 4) is 11.8 Å². The zero-order valence-electron chi connectivity index (χ0n) is 13.6. The Morgan fingerprint density at radius 3 is 2.36 bits per heavy atom. The Morgan fingerprint density at radius 2 is 1.84 bits per heavy atom. The summed E-state index contributed by atoms with van der Waals surface area (Å²) in [5, 5.41) is 19.9. The molecular weight excluding hydrogens is 355 g/mol. The lowest BCUT2D eigenvalue weighted by Gasteiger charge is -2.12. The van der Waals surface area contributed by atoms with Crippen LogP contribution in [0.5, 0.6) is 5.75 Å². The lowest BCUT2D eigenvalue weighted by Crippen LogP contribution is -2.00. The predicted molar refractivity (Wildman–Crippen MR) is 104 cm³/mol. The van der Waals surface area contributed by atoms with E-state index in [4.69, 9.17) is 28.9 Å². The number of rotatable bonds is 4. The third-order valence-electron chi connectivity index (χ3n) is 3.55. The van der Waals surface area contributed by atoms with Crippen LogP contribution in [0.15, 0.2) is 66.4 Å². The van der Waals surface area contributed by atoms with Crippen molar-refractivity contribution in [1.82, 2.24) is 0 Å². The molecule has 0 saturated carbocycles. The van der Waals surface area contributed by atoms with Crippen molar-refractivity contribution in [2.24, 2.45) is 5.73 Å². The molecule has 0 aliphatic rings. The molecule has 0 heterocycles. The molecule has 0 aromatic heterocycles. The van der Waals surface area contributed by atoms with E-state index in [1.54, 1.807) is 55.5 Å². The van der Waals surface area contributed by atoms with Crippen LogP contribution in [0.25, 0.3) is 11.1 Å². The minimum atomic E-state index is 0.164. The van der Waals surface area contributed by atoms with Gasteiger partial charge in [-0.2, -0.15) is 5.26 Å². The van der Waals surface area contributed by atoms with Gasteiger partial charge in [0.05, 0.1) is 5.57 Å². The fourth-order valence-corrected chi connectivity index (χ4v) is 2.80. The van der Waals surface area contributed by atoms with Gasteiger partial charge < -0.3 is 10.8 Å². The van der Waals surface area contributed by atoms with E-state index < -0.39 is 0 Å². The Morgan fingerprint density at radius 1 is 1.20 bits per heavy atom. The molecule has 0 saturated heterocycles. The minimum absolute atomic E-state index is 0.164. The van der Waals surface area contributed by atoms with Gasteiger partial charge in [0.15, 0.2) is 0 Å². The van der Waals surface area contributed by atoms with E-state index in [-0.39, 0.29) is 5.75 Å². The first kappa shape index (κ1) is 18.7. The number of phenolic OH excluding ortho intramolecular Hbond substituents is 1. The number of halogens is 2. The lowest BCUT2D eigenvalue weighted by molar-refractivity contribution is 0.475. The Kier molecular flexibility index (Phi) is 5.93. The van der Waals surface area contributed by atoms with Gasteiger partial charge in [-0.15, -0.1) is 0 Å². The van der Waals surface area contributed by atoms with E-state index in [1.165, 1.54) is 0 Å². The van der Waals surface area contributed by atoms with E-state index >= 15 is 0 Å². The van der Waals surface area contributed by atoms with Crippen LogP contribution in [-0.2, 0) is 0 Å². The van der Waals surface area contributed by atoms with Crippen LogP contribution in [0.4, 0.5) is 0 Å². The van der Waals surface area contributed by atoms with Gasteiger partial charge in [-0.05, 0) is 48.4 Å². The summed E-state index contributed by atoms with van der Waals surface area (Å²) in [6.45, 7) is 5.70. The van der Waals surface area contributed by atoms with E-state index in [0.717, 1.165) is 5.56 Å². The van der Waals surface area contributed by atoms with Crippen molar-refractivity contribution in [1.29, 1.82) is 5.26 Å². The van der Waals surface area contributed by atoms with Gasteiger partial charge in [-0.25, -0.2) is 0 Å². The van der Waals surface area contributed by atoms with Crippen molar-refractivity contribution in [2.75, 3.05) is 0 Å². The highest BCUT2D eigenvalue weighted by atomic mass is 35.5. The van der Waals surface area contributed by atoms with Crippen LogP contribution in [0, 0.1) is 11.3 Å². The van der Waals surface area contributed by atoms with Crippen LogP contribution < -0.4 is 5.73 Å². The van der Waals surface area contributed by atoms with Crippen LogP contribution in [-0.4, -0.2) is 5.11 Å². The monoisotopic (exact) mass is 370 g/mol. The fourth-order valence-electron chi connectivity index (χ4n) is 2.29. The number of phenols is 1. The average molecular weight is 371 g/mol. The number of benzene rings is 2. The highest BCUT2D eigenvalue weighted by molar-refractivity contribution is 6.36. The normalized spacial score (nSPS) is 12.3. The SMILES string of the molecule is C=C(/C=C(\C(C#N)=C(\C)N)c1ccc(Cl)cc1Cl)c1ccc(O)cc1. The highest BCUT2D eigenvalue weighted by Crippen LogP contribution is 2.34. The van der Waals surface area contributed by atoms with Gasteiger partial charge in [-0.1, -0.05) is 48.0 Å². The lowest BCUT2D eigenvalue weighted by atomic mass is 9.93. The molecule has 3 nitrogen and oxygen atoms in total. The number of hydrogen-bond donors (Lipinski definition) is 2. The van der Waals surface area contributed by atoms with Gasteiger partial charge in [0.1, 0.15) is 11.8 Å². The summed E-state index contributed by atoms with van der Waals surface area (Å²) in [7, 11) is 0. The highest BCUT2D eigenvalue weighted by Gasteiger charge is 2.15. The van der Waals surface area contributed by atoms with Gasteiger partial charge in [0.25, 0.3) is 0 Å². The van der Waals surface area contributed by atoms with Crippen molar-refractivity contribution in [2.45, 2.75) is 6.92 Å². The number of aromatic hydroxyl groups is 1. The van der Waals surface area contributed by atoms with Crippen LogP contribution in [0.2, 0.25) is 10.0 Å². The molecule has 0 aliphatic carbocycles. The summed E-state index contributed by atoms with van der Waals surface area (Å²) in [6, 6.07) is 13.8. The Hall–Kier alpha value is -2.67. The number of hydrogen-bond acceptors (Lipinski definition) is 3. The molecule has 0 fully saturated rings. The van der Waals surface area contributed by atoms with Gasteiger partial charge in [0, 0.05) is 26.9 Å². The summed E-state index contributed by atoms with van der Waals surface area (Å²) in [5.74, 6) is 0.164. The van der Waals surface area contributed by atoms with Gasteiger partial charge in [0.2, 0.25) is 0 Å². The second-order valence-electron chi connectivity index (χ2n) is 5.42. The maximum atomic E-state index is 9.53. The van der Waals surface area contributed by atoms with Crippen LogP contribution in [0.1, 0.15) is 18.1 Å². The standard InChI is InChI=1S/C20H16Cl2N2O/c1-12(14-3-6-16(25)7-4-14)9-18(19(11-23)13(2)24)17-8-5-15(21)10-20(17)22/h3-10,25H,1,24H2,2H3/b18-9-,19-13-. The first-order valence-corrected chi connectivity index (χ1v) is 8.11. The zero-order valence-corrected chi connectivity index (χ0v) is 15.1. The van der Waals surface area contributed by atoms with Gasteiger partial charge >= 0.3 is 0 Å². The topological polar surface area (TPSA) is 70.0 Å². The van der Waals surface area contributed by atoms with E-state index in [1.807, 2.05) is 0 Å². The van der Waals surface area contributed by atoms with Crippen molar-refractivity contribution in [3.63, 3.8) is 0 Å². The number of nitrogens with zero attached hydrogens (tertiary/aromatic N) is 1. The Bertz CT molecular complexity index is 916. The quantitative estimate of drug-likeness (QED) is 0.547. The summed E-state index contributed by atoms with van der Waals surface area (Å²) in [5.41, 5.74) is 9.20. The summed E-state index contributed by atoms with van der Waals surface area (Å²) < 4.78 is 0. The first-order chi connectivity index (χ1) is 11.8. The van der Waals surface area contributed by atoms with Gasteiger partial charge in [-0.3, -0.25) is 0 Å². The van der Waals surface area contributed by atoms with Crippen LogP contribution >= 0.6 is 23.2 Å². The molecule has 0 unspecified atom stereocenters. The van der Waals surface area contributed by atoms with Crippen molar-refractivity contribution < 1.29 is 5.11 Å². The first-order valence-electron chi connectivity index (χ1n) is 7.35. The molecule has 0 atom stereocenters. The fraction of sp³-hybridized carbons (Fsp3) is 0.0500. The third kappa shape index (κ3) is 4.45. The molecule has 25 heavy (non-hydrogen) atoms. The molecule has 2 rings (SSSR count). The second kappa shape index (κ2) is 7.94. The molecule has 0 bridgehead atoms. The smallest absolute Gasteiger partial charge is 0.115 e. The molecule has 2 aromatic carbocycles. The van der Waals surface area contributed by atoms with Crippen molar-refractivity contribution in [3.05, 3.63) is 87.6 Å². The molecule has 0 amide bonds. The number of nitrogens with two attached hydrogens (primary N) is 1. The Balaban J connectivity index is 2.63. The average Bonchev–Trinajstić information content (AvgIpc) is 2.55. The largest absolute Gasteiger partial charge is 0.508 e. The Labute approximate surface area is 156 Å². The minimum Gasteiger partial charge on any atom is -0.508 e. The third-order valence-corrected chi connectivity index (χ3v) is 4.10. The molecule has 0 spiro atoms. The van der Waals surface area contributed by atoms with E-state index in [2.05, 4.69) is 12.6 Å². The number of allylic oxidation sites excluding steroid dienone is 5. The molecule has 126 valence electrons. The summed E-state index contributed by atoms with van der Waals surface area (Å²) in [6.07, 6.45) is 1.75. The maximum absolute atomic E-state index is 9.53. The maximum Gasteiger partial charge on any atom is 0.115 e. The second-order valence-corrected chi connectivity index (χ2v) is 6.27.